The van der Waals surface area contributed by atoms with Crippen LogP contribution < -0.4 is 10.0 Å². The molecule has 0 atom stereocenters. The molecule has 4 aromatic carbocycles. The molecule has 0 aliphatic heterocycles. The number of benzene rings is 4. The zero-order chi connectivity index (χ0) is 23.0. The van der Waals surface area contributed by atoms with Gasteiger partial charge in [-0.3, -0.25) is 0 Å². The maximum atomic E-state index is 5.13. The molecule has 4 heteroatoms. The van der Waals surface area contributed by atoms with E-state index in [2.05, 4.69) is 97.1 Å². The number of rotatable bonds is 6. The molecule has 0 N–H and O–H groups in total. The summed E-state index contributed by atoms with van der Waals surface area (Å²) in [5.74, 6) is 0. The lowest BCUT2D eigenvalue weighted by Gasteiger charge is -2.25. The maximum absolute atomic E-state index is 5.13. The molecule has 1 aliphatic rings. The number of anilines is 4. The van der Waals surface area contributed by atoms with Crippen molar-refractivity contribution in [3.63, 3.8) is 0 Å². The molecule has 0 radical (unpaired) electrons. The average Bonchev–Trinajstić information content (AvgIpc) is 2.92. The smallest absolute Gasteiger partial charge is 0.0652 e. The van der Waals surface area contributed by atoms with Gasteiger partial charge in [0, 0.05) is 17.8 Å². The fourth-order valence-corrected chi connectivity index (χ4v) is 4.17. The summed E-state index contributed by atoms with van der Waals surface area (Å²) in [7, 11) is 0. The third kappa shape index (κ3) is 5.24. The Hall–Kier alpha value is -4.18. The van der Waals surface area contributed by atoms with Gasteiger partial charge in [0.05, 0.1) is 22.7 Å². The van der Waals surface area contributed by atoms with Crippen LogP contribution in [0.25, 0.3) is 0 Å². The molecule has 168 valence electrons. The third-order valence-corrected chi connectivity index (χ3v) is 5.82. The van der Waals surface area contributed by atoms with E-state index < -0.39 is 0 Å². The van der Waals surface area contributed by atoms with Gasteiger partial charge in [0.15, 0.2) is 0 Å². The molecule has 0 unspecified atom stereocenters. The van der Waals surface area contributed by atoms with Gasteiger partial charge in [-0.15, -0.1) is 0 Å². The first-order valence-electron chi connectivity index (χ1n) is 11.8. The van der Waals surface area contributed by atoms with Gasteiger partial charge < -0.3 is 0 Å². The van der Waals surface area contributed by atoms with Crippen LogP contribution in [0.4, 0.5) is 22.7 Å². The molecule has 0 heterocycles. The first kappa shape index (κ1) is 21.7. The molecule has 0 saturated heterocycles. The molecule has 1 saturated carbocycles. The van der Waals surface area contributed by atoms with Gasteiger partial charge in [-0.05, 0) is 67.8 Å². The van der Waals surface area contributed by atoms with E-state index in [-0.39, 0.29) is 0 Å². The predicted molar refractivity (Wildman–Crippen MR) is 143 cm³/mol. The predicted octanol–water partition coefficient (Wildman–Crippen LogP) is 7.95. The van der Waals surface area contributed by atoms with E-state index in [0.29, 0.717) is 0 Å². The molecule has 0 spiro atoms. The summed E-state index contributed by atoms with van der Waals surface area (Å²) in [4.78, 5) is 0. The summed E-state index contributed by atoms with van der Waals surface area (Å²) in [6, 6.07) is 41.3. The highest BCUT2D eigenvalue weighted by Gasteiger charge is 2.18. The molecular formula is C30H28N4. The van der Waals surface area contributed by atoms with Crippen LogP contribution in [0.5, 0.6) is 0 Å². The highest BCUT2D eigenvalue weighted by atomic mass is 15.5. The fraction of sp³-hybridized carbons (Fsp3) is 0.133. The Morgan fingerprint density at radius 3 is 1.00 bits per heavy atom. The maximum Gasteiger partial charge on any atom is 0.0652 e. The number of hydrazone groups is 2. The van der Waals surface area contributed by atoms with Crippen molar-refractivity contribution >= 4 is 34.2 Å². The summed E-state index contributed by atoms with van der Waals surface area (Å²) in [6.45, 7) is 0. The second-order valence-electron chi connectivity index (χ2n) is 8.33. The Bertz CT molecular complexity index is 1060. The summed E-state index contributed by atoms with van der Waals surface area (Å²) >= 11 is 0. The molecule has 1 aliphatic carbocycles. The second-order valence-corrected chi connectivity index (χ2v) is 8.33. The van der Waals surface area contributed by atoms with Crippen LogP contribution in [-0.4, -0.2) is 11.4 Å². The van der Waals surface area contributed by atoms with E-state index >= 15 is 0 Å². The fourth-order valence-electron chi connectivity index (χ4n) is 4.17. The quantitative estimate of drug-likeness (QED) is 0.283. The van der Waals surface area contributed by atoms with Crippen LogP contribution in [0.3, 0.4) is 0 Å². The van der Waals surface area contributed by atoms with Gasteiger partial charge in [-0.2, -0.15) is 10.2 Å². The Morgan fingerprint density at radius 2 is 0.706 bits per heavy atom. The van der Waals surface area contributed by atoms with Crippen LogP contribution in [0.15, 0.2) is 132 Å². The Kier molecular flexibility index (Phi) is 6.77. The Labute approximate surface area is 201 Å². The summed E-state index contributed by atoms with van der Waals surface area (Å²) in [5, 5.41) is 14.4. The van der Waals surface area contributed by atoms with Crippen LogP contribution in [-0.2, 0) is 0 Å². The minimum Gasteiger partial charge on any atom is -0.234 e. The SMILES string of the molecule is c1ccc(N(/N=C2\CCC/C(=N\N(c3ccccc3)c3ccccc3)C2)c2ccccc2)cc1. The van der Waals surface area contributed by atoms with Crippen molar-refractivity contribution in [3.8, 4) is 0 Å². The van der Waals surface area contributed by atoms with Crippen LogP contribution >= 0.6 is 0 Å². The first-order valence-corrected chi connectivity index (χ1v) is 11.8. The van der Waals surface area contributed by atoms with E-state index in [1.807, 2.05) is 34.3 Å². The molecule has 5 rings (SSSR count). The summed E-state index contributed by atoms with van der Waals surface area (Å²) < 4.78 is 0. The monoisotopic (exact) mass is 444 g/mol. The van der Waals surface area contributed by atoms with Crippen molar-refractivity contribution < 1.29 is 0 Å². The molecular weight excluding hydrogens is 416 g/mol. The Balaban J connectivity index is 1.47. The molecule has 0 aromatic heterocycles. The number of hydrogen-bond acceptors (Lipinski definition) is 4. The van der Waals surface area contributed by atoms with Crippen LogP contribution in [0.1, 0.15) is 25.7 Å². The first-order chi connectivity index (χ1) is 16.9. The number of para-hydroxylation sites is 4. The van der Waals surface area contributed by atoms with Gasteiger partial charge in [-0.25, -0.2) is 10.0 Å². The van der Waals surface area contributed by atoms with Crippen molar-refractivity contribution in [2.45, 2.75) is 25.7 Å². The lowest BCUT2D eigenvalue weighted by molar-refractivity contribution is 0.853. The number of nitrogens with zero attached hydrogens (tertiary/aromatic N) is 4. The molecule has 1 fully saturated rings. The topological polar surface area (TPSA) is 31.2 Å². The van der Waals surface area contributed by atoms with Gasteiger partial charge >= 0.3 is 0 Å². The van der Waals surface area contributed by atoms with E-state index in [4.69, 9.17) is 10.2 Å². The number of hydrogen-bond donors (Lipinski definition) is 0. The van der Waals surface area contributed by atoms with Gasteiger partial charge in [0.1, 0.15) is 0 Å². The zero-order valence-corrected chi connectivity index (χ0v) is 19.2. The molecule has 4 nitrogen and oxygen atoms in total. The van der Waals surface area contributed by atoms with Gasteiger partial charge in [0.25, 0.3) is 0 Å². The summed E-state index contributed by atoms with van der Waals surface area (Å²) in [5.41, 5.74) is 6.53. The molecule has 0 bridgehead atoms. The largest absolute Gasteiger partial charge is 0.234 e. The van der Waals surface area contributed by atoms with Crippen molar-refractivity contribution in [1.29, 1.82) is 0 Å². The highest BCUT2D eigenvalue weighted by Crippen LogP contribution is 2.29. The van der Waals surface area contributed by atoms with Crippen molar-refractivity contribution in [1.82, 2.24) is 0 Å². The van der Waals surface area contributed by atoms with Crippen molar-refractivity contribution in [2.24, 2.45) is 10.2 Å². The van der Waals surface area contributed by atoms with Crippen molar-refractivity contribution in [3.05, 3.63) is 121 Å². The molecule has 4 aromatic rings. The van der Waals surface area contributed by atoms with Gasteiger partial charge in [0.2, 0.25) is 0 Å². The van der Waals surface area contributed by atoms with Crippen LogP contribution in [0.2, 0.25) is 0 Å². The molecule has 0 amide bonds. The van der Waals surface area contributed by atoms with Crippen LogP contribution in [0, 0.1) is 0 Å². The standard InChI is InChI=1S/C30H28N4/c1-5-16-27(17-6-1)33(28-18-7-2-8-19-28)31-25-14-13-15-26(24-25)32-34(29-20-9-3-10-21-29)30-22-11-4-12-23-30/h1-12,16-23H,13-15,24H2/b31-25+,32-26+. The van der Waals surface area contributed by atoms with E-state index in [1.165, 1.54) is 0 Å². The molecule has 34 heavy (non-hydrogen) atoms. The highest BCUT2D eigenvalue weighted by molar-refractivity contribution is 6.07. The minimum atomic E-state index is 0.770. The average molecular weight is 445 g/mol. The van der Waals surface area contributed by atoms with E-state index in [9.17, 15) is 0 Å². The van der Waals surface area contributed by atoms with Crippen molar-refractivity contribution in [2.75, 3.05) is 10.0 Å². The van der Waals surface area contributed by atoms with E-state index in [0.717, 1.165) is 59.9 Å². The summed E-state index contributed by atoms with van der Waals surface area (Å²) in [6.07, 6.45) is 3.77. The zero-order valence-electron chi connectivity index (χ0n) is 19.2. The minimum absolute atomic E-state index is 0.770. The van der Waals surface area contributed by atoms with E-state index in [1.54, 1.807) is 0 Å². The lowest BCUT2D eigenvalue weighted by Crippen LogP contribution is -2.22. The lowest BCUT2D eigenvalue weighted by atomic mass is 9.96. The Morgan fingerprint density at radius 1 is 0.412 bits per heavy atom. The normalized spacial score (nSPS) is 15.9. The third-order valence-electron chi connectivity index (χ3n) is 5.82. The second kappa shape index (κ2) is 10.6. The van der Waals surface area contributed by atoms with Gasteiger partial charge in [-0.1, -0.05) is 72.8 Å².